The van der Waals surface area contributed by atoms with Crippen molar-refractivity contribution in [2.45, 2.75) is 0 Å². The van der Waals surface area contributed by atoms with Gasteiger partial charge >= 0.3 is 17.8 Å². The number of hydrogen-bond donors (Lipinski definition) is 3. The second kappa shape index (κ2) is 4.80. The van der Waals surface area contributed by atoms with Crippen molar-refractivity contribution in [3.05, 3.63) is 40.6 Å². The number of carboxylic acids is 1. The Labute approximate surface area is 105 Å². The van der Waals surface area contributed by atoms with Crippen LogP contribution in [0.15, 0.2) is 28.7 Å². The fourth-order valence-electron chi connectivity index (χ4n) is 1.28. The molecule has 0 fully saturated rings. The second-order valence-corrected chi connectivity index (χ2v) is 3.59. The number of nitrogens with zero attached hydrogens (tertiary/aromatic N) is 1. The van der Waals surface area contributed by atoms with E-state index in [9.17, 15) is 9.59 Å². The minimum Gasteiger partial charge on any atom is -0.478 e. The molecule has 0 saturated heterocycles. The first kappa shape index (κ1) is 12.0. The van der Waals surface area contributed by atoms with Gasteiger partial charge in [-0.2, -0.15) is 0 Å². The van der Waals surface area contributed by atoms with Crippen molar-refractivity contribution < 1.29 is 19.1 Å². The number of aromatic carboxylic acids is 1. The normalized spacial score (nSPS) is 10.0. The van der Waals surface area contributed by atoms with E-state index in [2.05, 4.69) is 27.7 Å². The molecule has 0 aliphatic rings. The number of aromatic amines is 1. The molecule has 0 saturated carbocycles. The van der Waals surface area contributed by atoms with Gasteiger partial charge in [-0.3, -0.25) is 4.79 Å². The number of rotatable bonds is 3. The molecule has 3 N–H and O–H groups in total. The Kier molecular flexibility index (Phi) is 3.20. The largest absolute Gasteiger partial charge is 0.478 e. The van der Waals surface area contributed by atoms with Gasteiger partial charge in [-0.15, -0.1) is 5.10 Å². The van der Waals surface area contributed by atoms with Gasteiger partial charge in [0.1, 0.15) is 0 Å². The number of hydrogen-bond acceptors (Lipinski definition) is 5. The molecular weight excluding hydrogens is 258 g/mol. The highest BCUT2D eigenvalue weighted by molar-refractivity contribution is 7.71. The summed E-state index contributed by atoms with van der Waals surface area (Å²) in [4.78, 5) is 22.6. The molecule has 1 amide bonds. The average Bonchev–Trinajstić information content (AvgIpc) is 2.76. The fraction of sp³-hybridized carbons (Fsp3) is 0. The zero-order chi connectivity index (χ0) is 13.1. The van der Waals surface area contributed by atoms with E-state index in [0.717, 1.165) is 0 Å². The van der Waals surface area contributed by atoms with Crippen molar-refractivity contribution in [2.24, 2.45) is 0 Å². The predicted molar refractivity (Wildman–Crippen MR) is 63.0 cm³/mol. The van der Waals surface area contributed by atoms with E-state index in [1.54, 1.807) is 12.1 Å². The molecule has 0 bridgehead atoms. The molecule has 0 aliphatic heterocycles. The van der Waals surface area contributed by atoms with E-state index in [4.69, 9.17) is 9.52 Å². The lowest BCUT2D eigenvalue weighted by molar-refractivity contribution is 0.0698. The van der Waals surface area contributed by atoms with Gasteiger partial charge in [0.05, 0.1) is 11.3 Å². The van der Waals surface area contributed by atoms with Gasteiger partial charge in [0, 0.05) is 0 Å². The first-order valence-electron chi connectivity index (χ1n) is 4.77. The summed E-state index contributed by atoms with van der Waals surface area (Å²) in [6, 6.07) is 5.99. The van der Waals surface area contributed by atoms with E-state index in [1.165, 1.54) is 12.1 Å². The number of benzene rings is 1. The van der Waals surface area contributed by atoms with Crippen LogP contribution in [-0.2, 0) is 0 Å². The Morgan fingerprint density at radius 1 is 1.39 bits per heavy atom. The molecule has 0 radical (unpaired) electrons. The molecule has 7 nitrogen and oxygen atoms in total. The lowest BCUT2D eigenvalue weighted by atomic mass is 10.2. The molecule has 1 aromatic heterocycles. The number of carbonyl (C=O) groups excluding carboxylic acids is 1. The zero-order valence-electron chi connectivity index (χ0n) is 8.84. The van der Waals surface area contributed by atoms with Crippen molar-refractivity contribution in [1.82, 2.24) is 10.2 Å². The van der Waals surface area contributed by atoms with Gasteiger partial charge in [0.15, 0.2) is 0 Å². The Bertz CT molecular complexity index is 661. The third kappa shape index (κ3) is 2.43. The van der Waals surface area contributed by atoms with Crippen LogP contribution in [-0.4, -0.2) is 27.2 Å². The van der Waals surface area contributed by atoms with Crippen molar-refractivity contribution in [3.63, 3.8) is 0 Å². The van der Waals surface area contributed by atoms with E-state index in [0.29, 0.717) is 0 Å². The summed E-state index contributed by atoms with van der Waals surface area (Å²) in [5.74, 6) is -2.09. The lowest BCUT2D eigenvalue weighted by Crippen LogP contribution is -2.15. The monoisotopic (exact) mass is 265 g/mol. The molecule has 0 unspecified atom stereocenters. The van der Waals surface area contributed by atoms with Crippen LogP contribution in [0.3, 0.4) is 0 Å². The van der Waals surface area contributed by atoms with Crippen LogP contribution in [0, 0.1) is 4.84 Å². The standard InChI is InChI=1S/C10H7N3O4S/c14-7(8-12-13-10(18)17-8)11-6-4-2-1-3-5(6)9(15)16/h1-4H,(H,11,14)(H,13,18)(H,15,16). The van der Waals surface area contributed by atoms with Gasteiger partial charge in [-0.05, 0) is 24.4 Å². The molecule has 92 valence electrons. The van der Waals surface area contributed by atoms with Crippen molar-refractivity contribution in [3.8, 4) is 0 Å². The maximum atomic E-state index is 11.7. The van der Waals surface area contributed by atoms with E-state index in [-0.39, 0.29) is 22.0 Å². The number of para-hydroxylation sites is 1. The molecule has 1 heterocycles. The molecule has 2 rings (SSSR count). The van der Waals surface area contributed by atoms with Crippen molar-refractivity contribution >= 4 is 29.8 Å². The maximum Gasteiger partial charge on any atom is 0.337 e. The SMILES string of the molecule is O=C(Nc1ccccc1C(=O)O)c1n[nH]c(=S)o1. The van der Waals surface area contributed by atoms with Crippen LogP contribution in [0.1, 0.15) is 21.0 Å². The first-order valence-corrected chi connectivity index (χ1v) is 5.18. The Hall–Kier alpha value is -2.48. The molecule has 18 heavy (non-hydrogen) atoms. The molecule has 8 heteroatoms. The van der Waals surface area contributed by atoms with Crippen molar-refractivity contribution in [1.29, 1.82) is 0 Å². The van der Waals surface area contributed by atoms with Gasteiger partial charge < -0.3 is 14.8 Å². The summed E-state index contributed by atoms with van der Waals surface area (Å²) in [5.41, 5.74) is 0.124. The fourth-order valence-corrected chi connectivity index (χ4v) is 1.41. The molecule has 1 aromatic carbocycles. The van der Waals surface area contributed by atoms with Crippen LogP contribution in [0.5, 0.6) is 0 Å². The minimum atomic E-state index is -1.14. The lowest BCUT2D eigenvalue weighted by Gasteiger charge is -2.05. The highest BCUT2D eigenvalue weighted by Crippen LogP contribution is 2.15. The van der Waals surface area contributed by atoms with Gasteiger partial charge in [0.25, 0.3) is 4.84 Å². The van der Waals surface area contributed by atoms with Crippen LogP contribution >= 0.6 is 12.2 Å². The molecule has 0 spiro atoms. The van der Waals surface area contributed by atoms with Crippen LogP contribution in [0.25, 0.3) is 0 Å². The maximum absolute atomic E-state index is 11.7. The smallest absolute Gasteiger partial charge is 0.337 e. The Morgan fingerprint density at radius 2 is 2.11 bits per heavy atom. The van der Waals surface area contributed by atoms with E-state index in [1.807, 2.05) is 0 Å². The number of nitrogens with one attached hydrogen (secondary N) is 2. The minimum absolute atomic E-state index is 0.0278. The average molecular weight is 265 g/mol. The van der Waals surface area contributed by atoms with Gasteiger partial charge in [-0.1, -0.05) is 12.1 Å². The van der Waals surface area contributed by atoms with Crippen LogP contribution < -0.4 is 5.32 Å². The quantitative estimate of drug-likeness (QED) is 0.728. The second-order valence-electron chi connectivity index (χ2n) is 3.22. The third-order valence-electron chi connectivity index (χ3n) is 2.04. The van der Waals surface area contributed by atoms with Crippen LogP contribution in [0.4, 0.5) is 5.69 Å². The number of anilines is 1. The molecule has 2 aromatic rings. The number of carbonyl (C=O) groups is 2. The van der Waals surface area contributed by atoms with E-state index >= 15 is 0 Å². The number of carboxylic acid groups (broad SMARTS) is 1. The first-order chi connectivity index (χ1) is 8.58. The predicted octanol–water partition coefficient (Wildman–Crippen LogP) is 1.68. The summed E-state index contributed by atoms with van der Waals surface area (Å²) in [7, 11) is 0. The Balaban J connectivity index is 2.27. The Morgan fingerprint density at radius 3 is 2.72 bits per heavy atom. The highest BCUT2D eigenvalue weighted by atomic mass is 32.1. The van der Waals surface area contributed by atoms with Crippen molar-refractivity contribution in [2.75, 3.05) is 5.32 Å². The summed E-state index contributed by atoms with van der Waals surface area (Å²) < 4.78 is 4.81. The number of H-pyrrole nitrogens is 1. The molecule has 0 aliphatic carbocycles. The topological polar surface area (TPSA) is 108 Å². The number of amides is 1. The highest BCUT2D eigenvalue weighted by Gasteiger charge is 2.16. The van der Waals surface area contributed by atoms with E-state index < -0.39 is 11.9 Å². The number of aromatic nitrogens is 2. The summed E-state index contributed by atoms with van der Waals surface area (Å²) >= 11 is 4.63. The zero-order valence-corrected chi connectivity index (χ0v) is 9.65. The van der Waals surface area contributed by atoms with Gasteiger partial charge in [0.2, 0.25) is 0 Å². The third-order valence-corrected chi connectivity index (χ3v) is 2.21. The summed E-state index contributed by atoms with van der Waals surface area (Å²) in [6.07, 6.45) is 0. The summed E-state index contributed by atoms with van der Waals surface area (Å²) in [5, 5.41) is 17.1. The van der Waals surface area contributed by atoms with Crippen LogP contribution in [0.2, 0.25) is 0 Å². The molecule has 0 atom stereocenters. The molecular formula is C10H7N3O4S. The summed E-state index contributed by atoms with van der Waals surface area (Å²) in [6.45, 7) is 0. The van der Waals surface area contributed by atoms with Gasteiger partial charge in [-0.25, -0.2) is 9.89 Å².